The maximum atomic E-state index is 6.51. The minimum absolute atomic E-state index is 0.176. The normalized spacial score (nSPS) is 19.8. The minimum Gasteiger partial charge on any atom is -0.356 e. The van der Waals surface area contributed by atoms with Crippen molar-refractivity contribution in [2.75, 3.05) is 5.32 Å². The average Bonchev–Trinajstić information content (AvgIpc) is 2.61. The van der Waals surface area contributed by atoms with Gasteiger partial charge in [-0.25, -0.2) is 0 Å². The molecule has 1 aliphatic heterocycles. The summed E-state index contributed by atoms with van der Waals surface area (Å²) in [6.45, 7) is 4.38. The first kappa shape index (κ1) is 16.3. The summed E-state index contributed by atoms with van der Waals surface area (Å²) in [4.78, 5) is 0. The van der Waals surface area contributed by atoms with Gasteiger partial charge in [0.25, 0.3) is 0 Å². The predicted molar refractivity (Wildman–Crippen MR) is 101 cm³/mol. The van der Waals surface area contributed by atoms with E-state index in [1.54, 1.807) is 0 Å². The van der Waals surface area contributed by atoms with E-state index in [0.717, 1.165) is 28.6 Å². The van der Waals surface area contributed by atoms with Gasteiger partial charge < -0.3 is 10.1 Å². The standard InChI is InChI=1S/C20H22BrNO/c1-3-20(4-2)16-12-8-9-13-18(16)22-19(23-20)17(21)14-15-10-6-5-7-11-15/h5-14,19,22H,3-4H2,1-2H3/b17-14-/t19-/m0/s1. The van der Waals surface area contributed by atoms with Crippen LogP contribution in [-0.2, 0) is 10.3 Å². The van der Waals surface area contributed by atoms with Crippen LogP contribution in [0.25, 0.3) is 6.08 Å². The lowest BCUT2D eigenvalue weighted by Gasteiger charge is -2.42. The molecule has 0 amide bonds. The molecule has 1 N–H and O–H groups in total. The van der Waals surface area contributed by atoms with Crippen LogP contribution in [0.4, 0.5) is 5.69 Å². The number of nitrogens with one attached hydrogen (secondary N) is 1. The Morgan fingerprint density at radius 3 is 2.43 bits per heavy atom. The third-order valence-corrected chi connectivity index (χ3v) is 5.19. The summed E-state index contributed by atoms with van der Waals surface area (Å²) in [5, 5.41) is 3.50. The second-order valence-electron chi connectivity index (χ2n) is 5.83. The number of para-hydroxylation sites is 1. The predicted octanol–water partition coefficient (Wildman–Crippen LogP) is 5.91. The van der Waals surface area contributed by atoms with E-state index in [-0.39, 0.29) is 11.8 Å². The first-order chi connectivity index (χ1) is 11.2. The van der Waals surface area contributed by atoms with Crippen LogP contribution in [0, 0.1) is 0 Å². The van der Waals surface area contributed by atoms with Gasteiger partial charge in [0.2, 0.25) is 0 Å². The number of fused-ring (bicyclic) bond motifs is 1. The summed E-state index contributed by atoms with van der Waals surface area (Å²) in [5.74, 6) is 0. The Balaban J connectivity index is 1.96. The highest BCUT2D eigenvalue weighted by Crippen LogP contribution is 2.44. The van der Waals surface area contributed by atoms with Gasteiger partial charge in [-0.1, -0.05) is 78.3 Å². The van der Waals surface area contributed by atoms with Crippen LogP contribution in [-0.4, -0.2) is 6.23 Å². The maximum Gasteiger partial charge on any atom is 0.161 e. The van der Waals surface area contributed by atoms with Crippen LogP contribution < -0.4 is 5.32 Å². The molecule has 0 saturated carbocycles. The minimum atomic E-state index is -0.240. The van der Waals surface area contributed by atoms with Crippen molar-refractivity contribution in [3.05, 3.63) is 70.2 Å². The van der Waals surface area contributed by atoms with Crippen molar-refractivity contribution in [3.63, 3.8) is 0 Å². The molecule has 0 radical (unpaired) electrons. The van der Waals surface area contributed by atoms with Crippen LogP contribution in [0.5, 0.6) is 0 Å². The Hall–Kier alpha value is -1.58. The molecule has 0 unspecified atom stereocenters. The molecular weight excluding hydrogens is 350 g/mol. The van der Waals surface area contributed by atoms with Gasteiger partial charge in [-0.15, -0.1) is 0 Å². The summed E-state index contributed by atoms with van der Waals surface area (Å²) in [7, 11) is 0. The van der Waals surface area contributed by atoms with E-state index in [1.807, 2.05) is 18.2 Å². The average molecular weight is 372 g/mol. The molecule has 0 fully saturated rings. The monoisotopic (exact) mass is 371 g/mol. The molecule has 1 aliphatic rings. The number of anilines is 1. The van der Waals surface area contributed by atoms with E-state index in [0.29, 0.717) is 0 Å². The van der Waals surface area contributed by atoms with Gasteiger partial charge in [0.05, 0.1) is 5.60 Å². The highest BCUT2D eigenvalue weighted by atomic mass is 79.9. The quantitative estimate of drug-likeness (QED) is 0.721. The molecule has 1 atom stereocenters. The number of rotatable bonds is 4. The van der Waals surface area contributed by atoms with Gasteiger partial charge in [-0.3, -0.25) is 0 Å². The van der Waals surface area contributed by atoms with Crippen molar-refractivity contribution in [3.8, 4) is 0 Å². The second-order valence-corrected chi connectivity index (χ2v) is 6.74. The van der Waals surface area contributed by atoms with Gasteiger partial charge in [-0.2, -0.15) is 0 Å². The molecule has 0 saturated heterocycles. The third-order valence-electron chi connectivity index (χ3n) is 4.54. The fraction of sp³-hybridized carbons (Fsp3) is 0.300. The summed E-state index contributed by atoms with van der Waals surface area (Å²) in [5.41, 5.74) is 3.32. The number of hydrogen-bond acceptors (Lipinski definition) is 2. The largest absolute Gasteiger partial charge is 0.356 e. The van der Waals surface area contributed by atoms with E-state index < -0.39 is 0 Å². The van der Waals surface area contributed by atoms with Crippen LogP contribution in [0.15, 0.2) is 59.1 Å². The zero-order valence-electron chi connectivity index (χ0n) is 13.6. The first-order valence-corrected chi connectivity index (χ1v) is 8.94. The zero-order chi connectivity index (χ0) is 16.3. The van der Waals surface area contributed by atoms with Gasteiger partial charge in [0.15, 0.2) is 6.23 Å². The third kappa shape index (κ3) is 3.22. The first-order valence-electron chi connectivity index (χ1n) is 8.14. The van der Waals surface area contributed by atoms with E-state index in [1.165, 1.54) is 5.56 Å². The van der Waals surface area contributed by atoms with Crippen molar-refractivity contribution < 1.29 is 4.74 Å². The molecule has 120 valence electrons. The van der Waals surface area contributed by atoms with Crippen LogP contribution >= 0.6 is 15.9 Å². The van der Waals surface area contributed by atoms with Crippen LogP contribution in [0.2, 0.25) is 0 Å². The number of halogens is 1. The van der Waals surface area contributed by atoms with E-state index in [4.69, 9.17) is 4.74 Å². The number of ether oxygens (including phenoxy) is 1. The van der Waals surface area contributed by atoms with Crippen molar-refractivity contribution in [2.45, 2.75) is 38.5 Å². The highest BCUT2D eigenvalue weighted by molar-refractivity contribution is 9.11. The molecule has 1 heterocycles. The van der Waals surface area contributed by atoms with Crippen molar-refractivity contribution in [1.29, 1.82) is 0 Å². The molecule has 0 spiro atoms. The summed E-state index contributed by atoms with van der Waals surface area (Å²) in [6, 6.07) is 18.7. The summed E-state index contributed by atoms with van der Waals surface area (Å²) < 4.78 is 7.51. The smallest absolute Gasteiger partial charge is 0.161 e. The molecule has 2 nitrogen and oxygen atoms in total. The van der Waals surface area contributed by atoms with Crippen molar-refractivity contribution >= 4 is 27.7 Å². The molecule has 3 rings (SSSR count). The molecule has 23 heavy (non-hydrogen) atoms. The van der Waals surface area contributed by atoms with Gasteiger partial charge in [0.1, 0.15) is 0 Å². The lowest BCUT2D eigenvalue weighted by Crippen LogP contribution is -2.42. The maximum absolute atomic E-state index is 6.51. The lowest BCUT2D eigenvalue weighted by molar-refractivity contribution is -0.0845. The summed E-state index contributed by atoms with van der Waals surface area (Å²) in [6.07, 6.45) is 3.83. The molecule has 0 aromatic heterocycles. The Bertz CT molecular complexity index is 692. The Labute approximate surface area is 146 Å². The SMILES string of the molecule is CCC1(CC)O[C@@H](/C(Br)=C/c2ccccc2)Nc2ccccc21. The Morgan fingerprint density at radius 1 is 1.09 bits per heavy atom. The van der Waals surface area contributed by atoms with E-state index >= 15 is 0 Å². The van der Waals surface area contributed by atoms with E-state index in [9.17, 15) is 0 Å². The topological polar surface area (TPSA) is 21.3 Å². The molecule has 0 bridgehead atoms. The molecule has 3 heteroatoms. The number of benzene rings is 2. The lowest BCUT2D eigenvalue weighted by atomic mass is 9.85. The summed E-state index contributed by atoms with van der Waals surface area (Å²) >= 11 is 3.71. The molecule has 2 aromatic rings. The molecule has 2 aromatic carbocycles. The van der Waals surface area contributed by atoms with Crippen molar-refractivity contribution in [1.82, 2.24) is 0 Å². The zero-order valence-corrected chi connectivity index (χ0v) is 15.1. The second kappa shape index (κ2) is 6.90. The number of hydrogen-bond donors (Lipinski definition) is 1. The van der Waals surface area contributed by atoms with Crippen LogP contribution in [0.1, 0.15) is 37.8 Å². The van der Waals surface area contributed by atoms with Gasteiger partial charge in [0, 0.05) is 15.7 Å². The van der Waals surface area contributed by atoms with E-state index in [2.05, 4.69) is 77.6 Å². The van der Waals surface area contributed by atoms with Crippen molar-refractivity contribution in [2.24, 2.45) is 0 Å². The Morgan fingerprint density at radius 2 is 1.74 bits per heavy atom. The molecular formula is C20H22BrNO. The molecule has 0 aliphatic carbocycles. The highest BCUT2D eigenvalue weighted by Gasteiger charge is 2.39. The van der Waals surface area contributed by atoms with Gasteiger partial charge in [-0.05, 0) is 30.5 Å². The van der Waals surface area contributed by atoms with Crippen LogP contribution in [0.3, 0.4) is 0 Å². The fourth-order valence-electron chi connectivity index (χ4n) is 3.17. The Kier molecular flexibility index (Phi) is 4.88. The van der Waals surface area contributed by atoms with Gasteiger partial charge >= 0.3 is 0 Å². The fourth-order valence-corrected chi connectivity index (χ4v) is 3.65.